The molecule has 0 unspecified atom stereocenters. The molecule has 148 valence electrons. The maximum absolute atomic E-state index is 12.8. The minimum atomic E-state index is -0.589. The Labute approximate surface area is 166 Å². The van der Waals surface area contributed by atoms with Crippen LogP contribution in [0.2, 0.25) is 0 Å². The summed E-state index contributed by atoms with van der Waals surface area (Å²) < 4.78 is 0. The van der Waals surface area contributed by atoms with Crippen LogP contribution >= 0.6 is 0 Å². The summed E-state index contributed by atoms with van der Waals surface area (Å²) in [4.78, 5) is 21.0. The second kappa shape index (κ2) is 7.62. The number of nitrogens with zero attached hydrogens (tertiary/aromatic N) is 3. The molecule has 1 amide bonds. The van der Waals surface area contributed by atoms with Crippen molar-refractivity contribution in [2.24, 2.45) is 5.73 Å². The van der Waals surface area contributed by atoms with Crippen LogP contribution in [0.15, 0.2) is 48.7 Å². The van der Waals surface area contributed by atoms with Gasteiger partial charge >= 0.3 is 0 Å². The van der Waals surface area contributed by atoms with E-state index >= 15 is 0 Å². The third-order valence-corrected chi connectivity index (χ3v) is 6.33. The van der Waals surface area contributed by atoms with Gasteiger partial charge in [-0.2, -0.15) is 0 Å². The zero-order valence-corrected chi connectivity index (χ0v) is 16.3. The minimum Gasteiger partial charge on any atom is -0.390 e. The Morgan fingerprint density at radius 3 is 2.68 bits per heavy atom. The Morgan fingerprint density at radius 1 is 1.25 bits per heavy atom. The van der Waals surface area contributed by atoms with Crippen LogP contribution in [-0.2, 0) is 16.8 Å². The smallest absolute Gasteiger partial charge is 0.236 e. The van der Waals surface area contributed by atoms with Crippen molar-refractivity contribution in [3.05, 3.63) is 65.5 Å². The number of likely N-dealkylation sites (tertiary alicyclic amines) is 1. The fourth-order valence-corrected chi connectivity index (χ4v) is 4.79. The third kappa shape index (κ3) is 3.32. The number of likely N-dealkylation sites (N-methyl/N-ethyl adjacent to an activating group) is 1. The van der Waals surface area contributed by atoms with E-state index < -0.39 is 6.10 Å². The molecule has 2 atom stereocenters. The molecule has 1 aliphatic heterocycles. The number of carbonyl (C=O) groups is 1. The van der Waals surface area contributed by atoms with Crippen molar-refractivity contribution in [3.8, 4) is 0 Å². The maximum atomic E-state index is 12.8. The summed E-state index contributed by atoms with van der Waals surface area (Å²) >= 11 is 0. The summed E-state index contributed by atoms with van der Waals surface area (Å²) in [6.45, 7) is 2.30. The van der Waals surface area contributed by atoms with Crippen molar-refractivity contribution in [1.29, 1.82) is 0 Å². The van der Waals surface area contributed by atoms with Gasteiger partial charge in [0, 0.05) is 31.2 Å². The second-order valence-corrected chi connectivity index (χ2v) is 8.09. The first-order chi connectivity index (χ1) is 13.5. The van der Waals surface area contributed by atoms with Crippen LogP contribution in [-0.4, -0.2) is 58.6 Å². The molecule has 1 aliphatic carbocycles. The number of carbonyl (C=O) groups excluding carboxylic acids is 1. The molecule has 0 bridgehead atoms. The highest BCUT2D eigenvalue weighted by atomic mass is 16.3. The number of hydrogen-bond acceptors (Lipinski definition) is 5. The molecular formula is C22H28N4O2. The first-order valence-corrected chi connectivity index (χ1v) is 9.90. The Balaban J connectivity index is 1.38. The normalized spacial score (nSPS) is 23.2. The molecule has 6 nitrogen and oxygen atoms in total. The lowest BCUT2D eigenvalue weighted by Crippen LogP contribution is -2.51. The van der Waals surface area contributed by atoms with Crippen molar-refractivity contribution in [3.63, 3.8) is 0 Å². The average molecular weight is 380 g/mol. The maximum Gasteiger partial charge on any atom is 0.236 e. The SMILES string of the molecule is CN(CC(=O)N1CCC2(CC1)c1ccccc1[C@@H](N)[C@@H]2O)Cc1ccccn1. The van der Waals surface area contributed by atoms with Gasteiger partial charge in [0.1, 0.15) is 0 Å². The van der Waals surface area contributed by atoms with Gasteiger partial charge in [-0.3, -0.25) is 14.7 Å². The van der Waals surface area contributed by atoms with E-state index in [4.69, 9.17) is 5.73 Å². The van der Waals surface area contributed by atoms with Crippen molar-refractivity contribution in [1.82, 2.24) is 14.8 Å². The standard InChI is InChI=1S/C22H28N4O2/c1-25(14-16-6-4-5-11-24-16)15-19(27)26-12-9-22(10-13-26)18-8-3-2-7-17(18)20(23)21(22)28/h2-8,11,20-21,28H,9-10,12-15,23H2,1H3/t20-,21+/m1/s1. The van der Waals surface area contributed by atoms with Crippen LogP contribution in [0.5, 0.6) is 0 Å². The third-order valence-electron chi connectivity index (χ3n) is 6.33. The molecule has 28 heavy (non-hydrogen) atoms. The second-order valence-electron chi connectivity index (χ2n) is 8.09. The van der Waals surface area contributed by atoms with E-state index in [0.717, 1.165) is 29.7 Å². The van der Waals surface area contributed by atoms with Crippen molar-refractivity contribution in [2.75, 3.05) is 26.7 Å². The molecule has 2 aromatic rings. The number of hydrogen-bond donors (Lipinski definition) is 2. The van der Waals surface area contributed by atoms with Crippen molar-refractivity contribution >= 4 is 5.91 Å². The molecule has 3 N–H and O–H groups in total. The highest BCUT2D eigenvalue weighted by molar-refractivity contribution is 5.78. The highest BCUT2D eigenvalue weighted by Crippen LogP contribution is 2.49. The Morgan fingerprint density at radius 2 is 1.96 bits per heavy atom. The largest absolute Gasteiger partial charge is 0.390 e. The lowest BCUT2D eigenvalue weighted by atomic mass is 9.72. The number of pyridine rings is 1. The molecule has 1 aromatic carbocycles. The Hall–Kier alpha value is -2.28. The quantitative estimate of drug-likeness (QED) is 0.839. The van der Waals surface area contributed by atoms with Gasteiger partial charge in [0.05, 0.1) is 24.4 Å². The van der Waals surface area contributed by atoms with Crippen LogP contribution in [0.3, 0.4) is 0 Å². The zero-order valence-electron chi connectivity index (χ0n) is 16.3. The molecule has 4 rings (SSSR count). The van der Waals surface area contributed by atoms with E-state index in [2.05, 4.69) is 11.1 Å². The van der Waals surface area contributed by atoms with Gasteiger partial charge < -0.3 is 15.7 Å². The van der Waals surface area contributed by atoms with E-state index in [1.165, 1.54) is 0 Å². The number of rotatable bonds is 4. The molecule has 1 spiro atoms. The number of fused-ring (bicyclic) bond motifs is 2. The number of amides is 1. The highest BCUT2D eigenvalue weighted by Gasteiger charge is 2.51. The summed E-state index contributed by atoms with van der Waals surface area (Å²) in [5, 5.41) is 10.9. The van der Waals surface area contributed by atoms with Gasteiger partial charge in [-0.05, 0) is 43.1 Å². The lowest BCUT2D eigenvalue weighted by Gasteiger charge is -2.42. The van der Waals surface area contributed by atoms with E-state index in [1.807, 2.05) is 53.2 Å². The molecule has 0 saturated carbocycles. The number of aliphatic hydroxyl groups excluding tert-OH is 1. The molecule has 2 aliphatic rings. The van der Waals surface area contributed by atoms with E-state index in [-0.39, 0.29) is 17.4 Å². The summed E-state index contributed by atoms with van der Waals surface area (Å²) in [7, 11) is 1.94. The summed E-state index contributed by atoms with van der Waals surface area (Å²) in [5.41, 5.74) is 9.12. The van der Waals surface area contributed by atoms with Crippen LogP contribution in [0, 0.1) is 0 Å². The van der Waals surface area contributed by atoms with Gasteiger partial charge in [0.15, 0.2) is 0 Å². The molecule has 1 fully saturated rings. The van der Waals surface area contributed by atoms with Crippen molar-refractivity contribution in [2.45, 2.75) is 36.9 Å². The topological polar surface area (TPSA) is 82.7 Å². The van der Waals surface area contributed by atoms with Crippen LogP contribution in [0.1, 0.15) is 35.7 Å². The van der Waals surface area contributed by atoms with Gasteiger partial charge in [-0.1, -0.05) is 30.3 Å². The predicted octanol–water partition coefficient (Wildman–Crippen LogP) is 1.45. The summed E-state index contributed by atoms with van der Waals surface area (Å²) in [5.74, 6) is 0.123. The molecule has 6 heteroatoms. The number of aliphatic hydroxyl groups is 1. The molecule has 1 aromatic heterocycles. The predicted molar refractivity (Wildman–Crippen MR) is 107 cm³/mol. The minimum absolute atomic E-state index is 0.123. The Bertz CT molecular complexity index is 833. The number of benzene rings is 1. The van der Waals surface area contributed by atoms with Crippen LogP contribution in [0.25, 0.3) is 0 Å². The van der Waals surface area contributed by atoms with E-state index in [9.17, 15) is 9.90 Å². The average Bonchev–Trinajstić information content (AvgIpc) is 2.92. The van der Waals surface area contributed by atoms with Crippen LogP contribution in [0.4, 0.5) is 0 Å². The number of nitrogens with two attached hydrogens (primary N) is 1. The zero-order chi connectivity index (χ0) is 19.7. The van der Waals surface area contributed by atoms with Crippen molar-refractivity contribution < 1.29 is 9.90 Å². The fraction of sp³-hybridized carbons (Fsp3) is 0.455. The van der Waals surface area contributed by atoms with E-state index in [0.29, 0.717) is 26.2 Å². The first kappa shape index (κ1) is 19.1. The monoisotopic (exact) mass is 380 g/mol. The summed E-state index contributed by atoms with van der Waals surface area (Å²) in [6, 6.07) is 13.6. The molecule has 1 saturated heterocycles. The molecule has 2 heterocycles. The summed E-state index contributed by atoms with van der Waals surface area (Å²) in [6.07, 6.45) is 2.67. The molecular weight excluding hydrogens is 352 g/mol. The van der Waals surface area contributed by atoms with Crippen LogP contribution < -0.4 is 5.73 Å². The van der Waals surface area contributed by atoms with Gasteiger partial charge in [-0.25, -0.2) is 0 Å². The van der Waals surface area contributed by atoms with E-state index in [1.54, 1.807) is 6.20 Å². The Kier molecular flexibility index (Phi) is 5.19. The first-order valence-electron chi connectivity index (χ1n) is 9.90. The van der Waals surface area contributed by atoms with Gasteiger partial charge in [0.25, 0.3) is 0 Å². The number of piperidine rings is 1. The molecule has 0 radical (unpaired) electrons. The van der Waals surface area contributed by atoms with Gasteiger partial charge in [-0.15, -0.1) is 0 Å². The lowest BCUT2D eigenvalue weighted by molar-refractivity contribution is -0.134. The number of aromatic nitrogens is 1. The fourth-order valence-electron chi connectivity index (χ4n) is 4.79. The van der Waals surface area contributed by atoms with Gasteiger partial charge in [0.2, 0.25) is 5.91 Å².